The van der Waals surface area contributed by atoms with Gasteiger partial charge in [0, 0.05) is 0 Å². The zero-order valence-corrected chi connectivity index (χ0v) is 10.8. The molecule has 6 nitrogen and oxygen atoms in total. The first kappa shape index (κ1) is 13.2. The van der Waals surface area contributed by atoms with Gasteiger partial charge >= 0.3 is 0 Å². The van der Waals surface area contributed by atoms with Crippen molar-refractivity contribution in [3.05, 3.63) is 29.3 Å². The molecule has 2 amide bonds. The Labute approximate surface area is 110 Å². The van der Waals surface area contributed by atoms with E-state index in [-0.39, 0.29) is 12.4 Å². The van der Waals surface area contributed by atoms with E-state index in [0.29, 0.717) is 5.75 Å². The number of aliphatic imine (C=N–C) groups is 1. The molecular formula is C13H15N3O3. The molecule has 3 N–H and O–H groups in total. The number of ether oxygens (including phenoxy) is 1. The molecule has 1 aliphatic heterocycles. The lowest BCUT2D eigenvalue weighted by molar-refractivity contribution is -0.129. The van der Waals surface area contributed by atoms with E-state index in [1.54, 1.807) is 0 Å². The molecule has 1 atom stereocenters. The quantitative estimate of drug-likeness (QED) is 0.752. The summed E-state index contributed by atoms with van der Waals surface area (Å²) in [6, 6.07) is 4.54. The van der Waals surface area contributed by atoms with Gasteiger partial charge in [-0.25, -0.2) is 0 Å². The van der Waals surface area contributed by atoms with Crippen LogP contribution in [-0.2, 0) is 9.59 Å². The maximum Gasteiger partial charge on any atom is 0.274 e. The number of amidine groups is 1. The molecule has 1 heterocycles. The second-order valence-corrected chi connectivity index (χ2v) is 4.48. The van der Waals surface area contributed by atoms with Gasteiger partial charge < -0.3 is 15.8 Å². The van der Waals surface area contributed by atoms with Gasteiger partial charge in [0.2, 0.25) is 0 Å². The number of benzene rings is 1. The molecule has 2 rings (SSSR count). The molecule has 19 heavy (non-hydrogen) atoms. The molecule has 0 saturated heterocycles. The van der Waals surface area contributed by atoms with Gasteiger partial charge in [0.05, 0.1) is 0 Å². The number of carbonyl (C=O) groups is 2. The number of rotatable bonds is 3. The number of hydrogen-bond donors (Lipinski definition) is 2. The minimum atomic E-state index is -1.22. The Bertz CT molecular complexity index is 546. The van der Waals surface area contributed by atoms with Crippen LogP contribution >= 0.6 is 0 Å². The molecule has 0 aromatic heterocycles. The van der Waals surface area contributed by atoms with Crippen LogP contribution in [0.4, 0.5) is 0 Å². The Kier molecular flexibility index (Phi) is 3.62. The molecule has 1 aromatic carbocycles. The van der Waals surface area contributed by atoms with Gasteiger partial charge in [-0.3, -0.25) is 9.59 Å². The summed E-state index contributed by atoms with van der Waals surface area (Å²) in [4.78, 5) is 26.3. The van der Waals surface area contributed by atoms with Crippen LogP contribution in [0, 0.1) is 13.8 Å². The number of nitrogens with two attached hydrogens (primary N) is 1. The van der Waals surface area contributed by atoms with Gasteiger partial charge in [-0.2, -0.15) is 4.99 Å². The molecule has 0 radical (unpaired) electrons. The summed E-state index contributed by atoms with van der Waals surface area (Å²) in [5.41, 5.74) is 7.47. The van der Waals surface area contributed by atoms with Crippen LogP contribution in [0.3, 0.4) is 0 Å². The fraction of sp³-hybridized carbons (Fsp3) is 0.308. The van der Waals surface area contributed by atoms with Crippen LogP contribution in [-0.4, -0.2) is 30.3 Å². The molecule has 1 unspecified atom stereocenters. The minimum absolute atomic E-state index is 0.0209. The summed E-state index contributed by atoms with van der Waals surface area (Å²) in [6.07, 6.45) is 0. The lowest BCUT2D eigenvalue weighted by Crippen LogP contribution is -2.53. The van der Waals surface area contributed by atoms with Crippen LogP contribution in [0.15, 0.2) is 23.2 Å². The predicted molar refractivity (Wildman–Crippen MR) is 70.0 cm³/mol. The first-order chi connectivity index (χ1) is 8.95. The monoisotopic (exact) mass is 261 g/mol. The van der Waals surface area contributed by atoms with Crippen LogP contribution in [0.1, 0.15) is 11.1 Å². The van der Waals surface area contributed by atoms with E-state index in [9.17, 15) is 9.59 Å². The van der Waals surface area contributed by atoms with E-state index < -0.39 is 17.9 Å². The van der Waals surface area contributed by atoms with Crippen LogP contribution in [0.2, 0.25) is 0 Å². The predicted octanol–water partition coefficient (Wildman–Crippen LogP) is 0.0644. The third-order valence-electron chi connectivity index (χ3n) is 2.63. The summed E-state index contributed by atoms with van der Waals surface area (Å²) in [6.45, 7) is 3.94. The maximum atomic E-state index is 11.3. The average Bonchev–Trinajstić information content (AvgIpc) is 2.32. The highest BCUT2D eigenvalue weighted by Crippen LogP contribution is 2.16. The molecule has 0 aliphatic carbocycles. The lowest BCUT2D eigenvalue weighted by Gasteiger charge is -2.17. The largest absolute Gasteiger partial charge is 0.486 e. The molecule has 0 saturated carbocycles. The molecule has 0 fully saturated rings. The Morgan fingerprint density at radius 3 is 2.47 bits per heavy atom. The molecule has 100 valence electrons. The number of nitrogens with zero attached hydrogens (tertiary/aromatic N) is 1. The SMILES string of the molecule is Cc1cc(C)cc(OCC2=NC(=O)C(N)C(=O)N2)c1. The number of hydrogen-bond acceptors (Lipinski definition) is 4. The van der Waals surface area contributed by atoms with Crippen LogP contribution in [0.25, 0.3) is 0 Å². The van der Waals surface area contributed by atoms with Crippen molar-refractivity contribution in [3.63, 3.8) is 0 Å². The molecule has 0 spiro atoms. The summed E-state index contributed by atoms with van der Waals surface area (Å²) in [5.74, 6) is -0.366. The second kappa shape index (κ2) is 5.19. The van der Waals surface area contributed by atoms with Crippen molar-refractivity contribution in [2.45, 2.75) is 19.9 Å². The van der Waals surface area contributed by atoms with Crippen molar-refractivity contribution >= 4 is 17.6 Å². The zero-order chi connectivity index (χ0) is 14.0. The second-order valence-electron chi connectivity index (χ2n) is 4.48. The van der Waals surface area contributed by atoms with Crippen molar-refractivity contribution in [2.75, 3.05) is 6.61 Å². The Morgan fingerprint density at radius 1 is 1.26 bits per heavy atom. The third kappa shape index (κ3) is 3.17. The number of nitrogens with one attached hydrogen (secondary N) is 1. The fourth-order valence-electron chi connectivity index (χ4n) is 1.80. The average molecular weight is 261 g/mol. The van der Waals surface area contributed by atoms with E-state index in [1.807, 2.05) is 32.0 Å². The summed E-state index contributed by atoms with van der Waals surface area (Å²) in [7, 11) is 0. The van der Waals surface area contributed by atoms with Crippen molar-refractivity contribution in [3.8, 4) is 5.75 Å². The Hall–Kier alpha value is -2.21. The number of aryl methyl sites for hydroxylation is 2. The van der Waals surface area contributed by atoms with Gasteiger partial charge in [0.25, 0.3) is 11.8 Å². The Balaban J connectivity index is 2.05. The summed E-state index contributed by atoms with van der Waals surface area (Å²) >= 11 is 0. The highest BCUT2D eigenvalue weighted by atomic mass is 16.5. The van der Waals surface area contributed by atoms with Crippen molar-refractivity contribution < 1.29 is 14.3 Å². The number of amides is 2. The van der Waals surface area contributed by atoms with Crippen LogP contribution < -0.4 is 15.8 Å². The van der Waals surface area contributed by atoms with Gasteiger partial charge in [-0.1, -0.05) is 6.07 Å². The Morgan fingerprint density at radius 2 is 1.89 bits per heavy atom. The molecule has 1 aliphatic rings. The van der Waals surface area contributed by atoms with E-state index in [0.717, 1.165) is 11.1 Å². The van der Waals surface area contributed by atoms with E-state index in [1.165, 1.54) is 0 Å². The minimum Gasteiger partial charge on any atom is -0.486 e. The van der Waals surface area contributed by atoms with Crippen molar-refractivity contribution in [1.82, 2.24) is 5.32 Å². The zero-order valence-electron chi connectivity index (χ0n) is 10.8. The first-order valence-electron chi connectivity index (χ1n) is 5.84. The highest BCUT2D eigenvalue weighted by molar-refractivity contribution is 6.18. The van der Waals surface area contributed by atoms with Crippen LogP contribution in [0.5, 0.6) is 5.75 Å². The van der Waals surface area contributed by atoms with E-state index in [2.05, 4.69) is 10.3 Å². The highest BCUT2D eigenvalue weighted by Gasteiger charge is 2.28. The number of carbonyl (C=O) groups excluding carboxylic acids is 2. The van der Waals surface area contributed by atoms with Gasteiger partial charge in [0.1, 0.15) is 12.4 Å². The normalized spacial score (nSPS) is 18.9. The third-order valence-corrected chi connectivity index (χ3v) is 2.63. The van der Waals surface area contributed by atoms with Gasteiger partial charge in [-0.05, 0) is 37.1 Å². The standard InChI is InChI=1S/C13H15N3O3/c1-7-3-8(2)5-9(4-7)19-6-10-15-12(17)11(14)13(18)16-10/h3-5,11H,6,14H2,1-2H3,(H,15,16,17,18). The topological polar surface area (TPSA) is 93.8 Å². The van der Waals surface area contributed by atoms with Crippen molar-refractivity contribution in [1.29, 1.82) is 0 Å². The smallest absolute Gasteiger partial charge is 0.274 e. The lowest BCUT2D eigenvalue weighted by atomic mass is 10.1. The fourth-order valence-corrected chi connectivity index (χ4v) is 1.80. The van der Waals surface area contributed by atoms with E-state index >= 15 is 0 Å². The summed E-state index contributed by atoms with van der Waals surface area (Å²) < 4.78 is 5.50. The van der Waals surface area contributed by atoms with Gasteiger partial charge in [-0.15, -0.1) is 0 Å². The molecule has 1 aromatic rings. The molecular weight excluding hydrogens is 246 g/mol. The molecule has 0 bridgehead atoms. The summed E-state index contributed by atoms with van der Waals surface area (Å²) in [5, 5.41) is 2.44. The first-order valence-corrected chi connectivity index (χ1v) is 5.84. The molecule has 6 heteroatoms. The van der Waals surface area contributed by atoms with Crippen molar-refractivity contribution in [2.24, 2.45) is 10.7 Å². The maximum absolute atomic E-state index is 11.3. The van der Waals surface area contributed by atoms with Gasteiger partial charge in [0.15, 0.2) is 11.9 Å². The van der Waals surface area contributed by atoms with E-state index in [4.69, 9.17) is 10.5 Å².